The van der Waals surface area contributed by atoms with Gasteiger partial charge in [0.25, 0.3) is 0 Å². The maximum Gasteiger partial charge on any atom is 0.133 e. The van der Waals surface area contributed by atoms with Gasteiger partial charge < -0.3 is 10.1 Å². The van der Waals surface area contributed by atoms with Gasteiger partial charge in [-0.3, -0.25) is 0 Å². The van der Waals surface area contributed by atoms with Crippen LogP contribution in [0.3, 0.4) is 0 Å². The highest BCUT2D eigenvalue weighted by Crippen LogP contribution is 2.34. The molecule has 1 aliphatic heterocycles. The van der Waals surface area contributed by atoms with Crippen LogP contribution >= 0.6 is 11.6 Å². The van der Waals surface area contributed by atoms with Crippen LogP contribution in [0.15, 0.2) is 12.1 Å². The highest BCUT2D eigenvalue weighted by atomic mass is 35.5. The zero-order valence-electron chi connectivity index (χ0n) is 8.52. The fourth-order valence-corrected chi connectivity index (χ4v) is 2.27. The monoisotopic (exact) mass is 229 g/mol. The average Bonchev–Trinajstić information content (AvgIpc) is 2.69. The first-order chi connectivity index (χ1) is 7.22. The molecule has 1 unspecified atom stereocenters. The maximum atomic E-state index is 13.7. The van der Waals surface area contributed by atoms with Crippen LogP contribution in [0.4, 0.5) is 4.39 Å². The molecule has 1 heterocycles. The number of ether oxygens (including phenoxy) is 1. The maximum absolute atomic E-state index is 13.7. The molecule has 1 aromatic carbocycles. The molecule has 0 bridgehead atoms. The number of hydrogen-bond donors (Lipinski definition) is 1. The number of halogens is 2. The third-order valence-corrected chi connectivity index (χ3v) is 3.01. The standard InChI is InChI=1S/C11H13ClFNO/c1-15-7-5-8(12)11(9(13)6-7)10-3-2-4-14-10/h5-6,10,14H,2-4H2,1H3. The van der Waals surface area contributed by atoms with Crippen LogP contribution in [0.25, 0.3) is 0 Å². The van der Waals surface area contributed by atoms with E-state index in [2.05, 4.69) is 5.32 Å². The molecule has 0 aromatic heterocycles. The Bertz CT molecular complexity index is 341. The summed E-state index contributed by atoms with van der Waals surface area (Å²) in [5.41, 5.74) is 0.565. The molecule has 0 saturated carbocycles. The Morgan fingerprint density at radius 3 is 2.87 bits per heavy atom. The molecule has 4 heteroatoms. The lowest BCUT2D eigenvalue weighted by Crippen LogP contribution is -2.14. The van der Waals surface area contributed by atoms with E-state index in [-0.39, 0.29) is 11.9 Å². The van der Waals surface area contributed by atoms with Gasteiger partial charge >= 0.3 is 0 Å². The Balaban J connectivity index is 2.37. The van der Waals surface area contributed by atoms with E-state index in [1.54, 1.807) is 6.07 Å². The summed E-state index contributed by atoms with van der Waals surface area (Å²) in [6, 6.07) is 3.07. The van der Waals surface area contributed by atoms with Crippen LogP contribution in [0, 0.1) is 5.82 Å². The van der Waals surface area contributed by atoms with Crippen LogP contribution in [-0.4, -0.2) is 13.7 Å². The third kappa shape index (κ3) is 2.08. The van der Waals surface area contributed by atoms with Crippen molar-refractivity contribution in [3.8, 4) is 5.75 Å². The largest absolute Gasteiger partial charge is 0.497 e. The molecular weight excluding hydrogens is 217 g/mol. The highest BCUT2D eigenvalue weighted by molar-refractivity contribution is 6.31. The number of rotatable bonds is 2. The van der Waals surface area contributed by atoms with Gasteiger partial charge in [0.1, 0.15) is 11.6 Å². The second-order valence-electron chi connectivity index (χ2n) is 3.65. The summed E-state index contributed by atoms with van der Waals surface area (Å²) in [5.74, 6) is 0.165. The van der Waals surface area contributed by atoms with E-state index in [0.717, 1.165) is 19.4 Å². The molecule has 1 aliphatic rings. The fourth-order valence-electron chi connectivity index (χ4n) is 1.94. The van der Waals surface area contributed by atoms with Crippen LogP contribution < -0.4 is 10.1 Å². The lowest BCUT2D eigenvalue weighted by atomic mass is 10.0. The van der Waals surface area contributed by atoms with Crippen molar-refractivity contribution in [3.05, 3.63) is 28.5 Å². The third-order valence-electron chi connectivity index (χ3n) is 2.70. The van der Waals surface area contributed by atoms with Crippen molar-refractivity contribution in [2.24, 2.45) is 0 Å². The summed E-state index contributed by atoms with van der Waals surface area (Å²) >= 11 is 6.03. The van der Waals surface area contributed by atoms with Gasteiger partial charge in [-0.25, -0.2) is 4.39 Å². The summed E-state index contributed by atoms with van der Waals surface area (Å²) in [4.78, 5) is 0. The van der Waals surface area contributed by atoms with E-state index in [0.29, 0.717) is 16.3 Å². The Morgan fingerprint density at radius 1 is 1.53 bits per heavy atom. The molecule has 1 fully saturated rings. The van der Waals surface area contributed by atoms with Crippen LogP contribution in [0.1, 0.15) is 24.4 Å². The second-order valence-corrected chi connectivity index (χ2v) is 4.06. The first-order valence-electron chi connectivity index (χ1n) is 4.98. The van der Waals surface area contributed by atoms with E-state index >= 15 is 0 Å². The lowest BCUT2D eigenvalue weighted by Gasteiger charge is -2.14. The number of methoxy groups -OCH3 is 1. The van der Waals surface area contributed by atoms with Crippen LogP contribution in [-0.2, 0) is 0 Å². The van der Waals surface area contributed by atoms with Crippen molar-refractivity contribution >= 4 is 11.6 Å². The minimum atomic E-state index is -0.293. The summed E-state index contributed by atoms with van der Waals surface area (Å²) in [5, 5.41) is 3.66. The van der Waals surface area contributed by atoms with E-state index in [1.807, 2.05) is 0 Å². The van der Waals surface area contributed by atoms with Crippen LogP contribution in [0.5, 0.6) is 5.75 Å². The van der Waals surface area contributed by atoms with E-state index in [4.69, 9.17) is 16.3 Å². The van der Waals surface area contributed by atoms with Crippen molar-refractivity contribution in [2.75, 3.05) is 13.7 Å². The SMILES string of the molecule is COc1cc(F)c(C2CCCN2)c(Cl)c1. The predicted octanol–water partition coefficient (Wildman–Crippen LogP) is 2.91. The van der Waals surface area contributed by atoms with Crippen molar-refractivity contribution in [1.29, 1.82) is 0 Å². The molecule has 1 atom stereocenters. The summed E-state index contributed by atoms with van der Waals surface area (Å²) in [6.45, 7) is 0.923. The van der Waals surface area contributed by atoms with Gasteiger partial charge in [0.2, 0.25) is 0 Å². The van der Waals surface area contributed by atoms with E-state index < -0.39 is 0 Å². The predicted molar refractivity (Wildman–Crippen MR) is 57.9 cm³/mol. The molecule has 82 valence electrons. The number of benzene rings is 1. The first kappa shape index (κ1) is 10.7. The normalized spacial score (nSPS) is 20.6. The average molecular weight is 230 g/mol. The quantitative estimate of drug-likeness (QED) is 0.842. The van der Waals surface area contributed by atoms with Crippen LogP contribution in [0.2, 0.25) is 5.02 Å². The molecule has 1 aromatic rings. The summed E-state index contributed by atoms with van der Waals surface area (Å²) in [6.07, 6.45) is 2.00. The van der Waals surface area contributed by atoms with Gasteiger partial charge in [-0.05, 0) is 25.5 Å². The smallest absolute Gasteiger partial charge is 0.133 e. The molecular formula is C11H13ClFNO. The Hall–Kier alpha value is -0.800. The lowest BCUT2D eigenvalue weighted by molar-refractivity contribution is 0.410. The van der Waals surface area contributed by atoms with E-state index in [9.17, 15) is 4.39 Å². The minimum Gasteiger partial charge on any atom is -0.497 e. The zero-order valence-corrected chi connectivity index (χ0v) is 9.27. The summed E-state index contributed by atoms with van der Waals surface area (Å²) in [7, 11) is 1.50. The van der Waals surface area contributed by atoms with Crippen molar-refractivity contribution in [2.45, 2.75) is 18.9 Å². The molecule has 15 heavy (non-hydrogen) atoms. The second kappa shape index (κ2) is 4.37. The molecule has 0 spiro atoms. The van der Waals surface area contributed by atoms with Gasteiger partial charge in [0.05, 0.1) is 12.1 Å². The Morgan fingerprint density at radius 2 is 2.33 bits per heavy atom. The zero-order chi connectivity index (χ0) is 10.8. The first-order valence-corrected chi connectivity index (χ1v) is 5.36. The van der Waals surface area contributed by atoms with Gasteiger partial charge in [-0.2, -0.15) is 0 Å². The molecule has 2 nitrogen and oxygen atoms in total. The molecule has 0 radical (unpaired) electrons. The molecule has 0 amide bonds. The van der Waals surface area contributed by atoms with E-state index in [1.165, 1.54) is 13.2 Å². The minimum absolute atomic E-state index is 0.0448. The topological polar surface area (TPSA) is 21.3 Å². The van der Waals surface area contributed by atoms with Crippen molar-refractivity contribution < 1.29 is 9.13 Å². The molecule has 1 N–H and O–H groups in total. The highest BCUT2D eigenvalue weighted by Gasteiger charge is 2.22. The van der Waals surface area contributed by atoms with Crippen molar-refractivity contribution in [1.82, 2.24) is 5.32 Å². The Labute approximate surface area is 93.4 Å². The summed E-state index contributed by atoms with van der Waals surface area (Å²) < 4.78 is 18.7. The van der Waals surface area contributed by atoms with Gasteiger partial charge in [0, 0.05) is 17.7 Å². The Kier molecular flexibility index (Phi) is 3.12. The number of nitrogens with one attached hydrogen (secondary N) is 1. The van der Waals surface area contributed by atoms with Gasteiger partial charge in [-0.1, -0.05) is 11.6 Å². The fraction of sp³-hybridized carbons (Fsp3) is 0.455. The molecule has 2 rings (SSSR count). The van der Waals surface area contributed by atoms with Gasteiger partial charge in [0.15, 0.2) is 0 Å². The molecule has 0 aliphatic carbocycles. The van der Waals surface area contributed by atoms with Crippen molar-refractivity contribution in [3.63, 3.8) is 0 Å². The molecule has 1 saturated heterocycles. The number of hydrogen-bond acceptors (Lipinski definition) is 2. The van der Waals surface area contributed by atoms with Gasteiger partial charge in [-0.15, -0.1) is 0 Å².